The van der Waals surface area contributed by atoms with Crippen molar-refractivity contribution in [3.8, 4) is 0 Å². The van der Waals surface area contributed by atoms with Crippen molar-refractivity contribution in [1.29, 1.82) is 0 Å². The number of nitrogen functional groups attached to an aromatic ring is 1. The predicted molar refractivity (Wildman–Crippen MR) is 76.7 cm³/mol. The van der Waals surface area contributed by atoms with Crippen LogP contribution in [0.25, 0.3) is 0 Å². The van der Waals surface area contributed by atoms with Gasteiger partial charge in [0, 0.05) is 12.6 Å². The quantitative estimate of drug-likeness (QED) is 0.748. The Morgan fingerprint density at radius 2 is 2.22 bits per heavy atom. The van der Waals surface area contributed by atoms with E-state index in [-0.39, 0.29) is 6.61 Å². The molecule has 0 spiro atoms. The molecule has 0 aliphatic rings. The zero-order chi connectivity index (χ0) is 13.5. The van der Waals surface area contributed by atoms with Gasteiger partial charge in [0.05, 0.1) is 36.2 Å². The molecule has 5 nitrogen and oxygen atoms in total. The zero-order valence-corrected chi connectivity index (χ0v) is 12.4. The van der Waals surface area contributed by atoms with Crippen LogP contribution in [0.4, 0.5) is 11.5 Å². The number of aromatic nitrogens is 1. The summed E-state index contributed by atoms with van der Waals surface area (Å²) >= 11 is 3.47. The molecular weight excluding hydrogens is 298 g/mol. The standard InChI is InChI=1S/C12H20BrN3O2/c1-9(2)16(3-5-18-6-4-17)12-11(13)7-10(14)8-15-12/h7-9,17H,3-6,14H2,1-2H3. The number of nitrogens with two attached hydrogens (primary N) is 1. The van der Waals surface area contributed by atoms with Crippen molar-refractivity contribution in [3.05, 3.63) is 16.7 Å². The first-order valence-electron chi connectivity index (χ1n) is 5.92. The summed E-state index contributed by atoms with van der Waals surface area (Å²) in [4.78, 5) is 6.47. The number of hydrogen-bond acceptors (Lipinski definition) is 5. The van der Waals surface area contributed by atoms with Crippen LogP contribution in [0.5, 0.6) is 0 Å². The Bertz CT molecular complexity index is 374. The molecule has 102 valence electrons. The second-order valence-electron chi connectivity index (χ2n) is 4.20. The van der Waals surface area contributed by atoms with Gasteiger partial charge in [-0.05, 0) is 35.8 Å². The molecule has 0 aliphatic carbocycles. The first-order valence-corrected chi connectivity index (χ1v) is 6.71. The summed E-state index contributed by atoms with van der Waals surface area (Å²) in [5.74, 6) is 0.854. The van der Waals surface area contributed by atoms with Crippen molar-refractivity contribution in [2.24, 2.45) is 0 Å². The largest absolute Gasteiger partial charge is 0.397 e. The number of ether oxygens (including phenoxy) is 1. The van der Waals surface area contributed by atoms with Crippen LogP contribution < -0.4 is 10.6 Å². The highest BCUT2D eigenvalue weighted by atomic mass is 79.9. The smallest absolute Gasteiger partial charge is 0.143 e. The number of hydrogen-bond donors (Lipinski definition) is 2. The number of anilines is 2. The lowest BCUT2D eigenvalue weighted by Crippen LogP contribution is -2.35. The van der Waals surface area contributed by atoms with Gasteiger partial charge in [-0.1, -0.05) is 0 Å². The fourth-order valence-corrected chi connectivity index (χ4v) is 2.19. The molecule has 0 atom stereocenters. The molecule has 0 bridgehead atoms. The van der Waals surface area contributed by atoms with Crippen molar-refractivity contribution < 1.29 is 9.84 Å². The molecule has 1 rings (SSSR count). The van der Waals surface area contributed by atoms with Crippen molar-refractivity contribution in [3.63, 3.8) is 0 Å². The average molecular weight is 318 g/mol. The third kappa shape index (κ3) is 4.44. The van der Waals surface area contributed by atoms with E-state index < -0.39 is 0 Å². The predicted octanol–water partition coefficient (Wildman–Crippen LogP) is 1.65. The maximum atomic E-state index is 8.66. The van der Waals surface area contributed by atoms with Gasteiger partial charge < -0.3 is 20.5 Å². The lowest BCUT2D eigenvalue weighted by molar-refractivity contribution is 0.0960. The minimum Gasteiger partial charge on any atom is -0.397 e. The number of nitrogens with zero attached hydrogens (tertiary/aromatic N) is 2. The van der Waals surface area contributed by atoms with Crippen LogP contribution in [0.1, 0.15) is 13.8 Å². The van der Waals surface area contributed by atoms with Gasteiger partial charge in [0.15, 0.2) is 0 Å². The van der Waals surface area contributed by atoms with Crippen LogP contribution in [0.2, 0.25) is 0 Å². The summed E-state index contributed by atoms with van der Waals surface area (Å²) in [6.07, 6.45) is 1.64. The number of pyridine rings is 1. The molecule has 0 aromatic carbocycles. The van der Waals surface area contributed by atoms with E-state index in [4.69, 9.17) is 15.6 Å². The molecule has 0 unspecified atom stereocenters. The highest BCUT2D eigenvalue weighted by molar-refractivity contribution is 9.10. The number of aliphatic hydroxyl groups is 1. The average Bonchev–Trinajstić information content (AvgIpc) is 2.30. The van der Waals surface area contributed by atoms with E-state index >= 15 is 0 Å². The van der Waals surface area contributed by atoms with E-state index in [1.807, 2.05) is 6.07 Å². The Kier molecular flexibility index (Phi) is 6.38. The molecule has 18 heavy (non-hydrogen) atoms. The van der Waals surface area contributed by atoms with Crippen molar-refractivity contribution >= 4 is 27.4 Å². The lowest BCUT2D eigenvalue weighted by Gasteiger charge is -2.28. The zero-order valence-electron chi connectivity index (χ0n) is 10.8. The summed E-state index contributed by atoms with van der Waals surface area (Å²) in [5, 5.41) is 8.66. The molecule has 0 radical (unpaired) electrons. The topological polar surface area (TPSA) is 71.6 Å². The maximum Gasteiger partial charge on any atom is 0.143 e. The van der Waals surface area contributed by atoms with Crippen LogP contribution in [-0.2, 0) is 4.74 Å². The third-order valence-corrected chi connectivity index (χ3v) is 3.03. The summed E-state index contributed by atoms with van der Waals surface area (Å²) in [7, 11) is 0. The van der Waals surface area contributed by atoms with Gasteiger partial charge in [-0.3, -0.25) is 0 Å². The summed E-state index contributed by atoms with van der Waals surface area (Å²) < 4.78 is 6.16. The molecule has 1 heterocycles. The second-order valence-corrected chi connectivity index (χ2v) is 5.05. The molecule has 1 aromatic heterocycles. The van der Waals surface area contributed by atoms with Gasteiger partial charge in [0.25, 0.3) is 0 Å². The van der Waals surface area contributed by atoms with E-state index in [0.717, 1.165) is 10.3 Å². The molecule has 1 aromatic rings. The Balaban J connectivity index is 2.71. The van der Waals surface area contributed by atoms with Gasteiger partial charge in [-0.25, -0.2) is 4.98 Å². The van der Waals surface area contributed by atoms with Crippen molar-refractivity contribution in [2.45, 2.75) is 19.9 Å². The van der Waals surface area contributed by atoms with Crippen LogP contribution in [0.15, 0.2) is 16.7 Å². The molecule has 3 N–H and O–H groups in total. The number of aliphatic hydroxyl groups excluding tert-OH is 1. The molecular formula is C12H20BrN3O2. The maximum absolute atomic E-state index is 8.66. The molecule has 0 saturated heterocycles. The van der Waals surface area contributed by atoms with Crippen LogP contribution >= 0.6 is 15.9 Å². The van der Waals surface area contributed by atoms with Gasteiger partial charge in [0.2, 0.25) is 0 Å². The highest BCUT2D eigenvalue weighted by Crippen LogP contribution is 2.26. The van der Waals surface area contributed by atoms with Gasteiger partial charge in [0.1, 0.15) is 5.82 Å². The minimum absolute atomic E-state index is 0.0471. The van der Waals surface area contributed by atoms with Crippen LogP contribution in [0.3, 0.4) is 0 Å². The second kappa shape index (κ2) is 7.56. The molecule has 0 fully saturated rings. The molecule has 0 aliphatic heterocycles. The molecule has 6 heteroatoms. The Morgan fingerprint density at radius 3 is 2.78 bits per heavy atom. The Hall–Kier alpha value is -0.850. The first kappa shape index (κ1) is 15.2. The number of halogens is 1. The monoisotopic (exact) mass is 317 g/mol. The fraction of sp³-hybridized carbons (Fsp3) is 0.583. The van der Waals surface area contributed by atoms with Crippen molar-refractivity contribution in [2.75, 3.05) is 37.0 Å². The van der Waals surface area contributed by atoms with E-state index in [1.165, 1.54) is 0 Å². The van der Waals surface area contributed by atoms with Gasteiger partial charge >= 0.3 is 0 Å². The normalized spacial score (nSPS) is 10.9. The summed E-state index contributed by atoms with van der Waals surface area (Å²) in [5.41, 5.74) is 6.31. The van der Waals surface area contributed by atoms with Crippen LogP contribution in [-0.4, -0.2) is 42.5 Å². The molecule has 0 amide bonds. The van der Waals surface area contributed by atoms with E-state index in [1.54, 1.807) is 6.20 Å². The minimum atomic E-state index is 0.0471. The summed E-state index contributed by atoms with van der Waals surface area (Å²) in [6.45, 7) is 5.87. The SMILES string of the molecule is CC(C)N(CCOCCO)c1ncc(N)cc1Br. The van der Waals surface area contributed by atoms with E-state index in [2.05, 4.69) is 39.7 Å². The third-order valence-electron chi connectivity index (χ3n) is 2.45. The van der Waals surface area contributed by atoms with Gasteiger partial charge in [-0.2, -0.15) is 0 Å². The van der Waals surface area contributed by atoms with E-state index in [9.17, 15) is 0 Å². The first-order chi connectivity index (χ1) is 8.56. The summed E-state index contributed by atoms with van der Waals surface area (Å²) in [6, 6.07) is 2.14. The van der Waals surface area contributed by atoms with Crippen molar-refractivity contribution in [1.82, 2.24) is 4.98 Å². The van der Waals surface area contributed by atoms with E-state index in [0.29, 0.717) is 31.5 Å². The fourth-order valence-electron chi connectivity index (χ4n) is 1.60. The lowest BCUT2D eigenvalue weighted by atomic mass is 10.3. The van der Waals surface area contributed by atoms with Gasteiger partial charge in [-0.15, -0.1) is 0 Å². The Morgan fingerprint density at radius 1 is 1.50 bits per heavy atom. The molecule has 0 saturated carbocycles. The highest BCUT2D eigenvalue weighted by Gasteiger charge is 2.15. The van der Waals surface area contributed by atoms with Crippen LogP contribution in [0, 0.1) is 0 Å². The number of rotatable bonds is 7. The Labute approximate surface area is 116 Å².